The molecule has 7 nitrogen and oxygen atoms in total. The van der Waals surface area contributed by atoms with Crippen molar-refractivity contribution in [1.29, 1.82) is 0 Å². The molecule has 12 aromatic carbocycles. The zero-order chi connectivity index (χ0) is 59.5. The van der Waals surface area contributed by atoms with E-state index < -0.39 is 0 Å². The molecule has 0 unspecified atom stereocenters. The summed E-state index contributed by atoms with van der Waals surface area (Å²) in [5.74, 6) is 1.42. The van der Waals surface area contributed by atoms with Gasteiger partial charge < -0.3 is 4.42 Å². The predicted molar refractivity (Wildman–Crippen MR) is 373 cm³/mol. The van der Waals surface area contributed by atoms with Crippen LogP contribution >= 0.6 is 11.3 Å². The van der Waals surface area contributed by atoms with Crippen LogP contribution in [0.5, 0.6) is 0 Å². The van der Waals surface area contributed by atoms with Crippen LogP contribution in [0.15, 0.2) is 308 Å². The van der Waals surface area contributed by atoms with Gasteiger partial charge in [0.15, 0.2) is 17.2 Å². The lowest BCUT2D eigenvalue weighted by Crippen LogP contribution is -1.97. The number of nitrogens with zero attached hydrogens (tertiary/aromatic N) is 6. The quantitative estimate of drug-likeness (QED) is 0.140. The molecule has 0 aliphatic carbocycles. The van der Waals surface area contributed by atoms with E-state index in [9.17, 15) is 0 Å². The zero-order valence-electron chi connectivity index (χ0n) is 48.4. The molecule has 0 atom stereocenters. The van der Waals surface area contributed by atoms with Crippen LogP contribution in [-0.2, 0) is 0 Å². The highest BCUT2D eigenvalue weighted by Crippen LogP contribution is 2.40. The van der Waals surface area contributed by atoms with Crippen molar-refractivity contribution >= 4 is 97.1 Å². The van der Waals surface area contributed by atoms with Crippen LogP contribution in [0.2, 0.25) is 0 Å². The second kappa shape index (κ2) is 22.1. The molecule has 8 heteroatoms. The molecule has 0 radical (unpaired) electrons. The summed E-state index contributed by atoms with van der Waals surface area (Å²) >= 11 is 1.80. The van der Waals surface area contributed by atoms with Gasteiger partial charge in [0.2, 0.25) is 0 Å². The van der Waals surface area contributed by atoms with Crippen molar-refractivity contribution in [3.63, 3.8) is 0 Å². The molecular formula is C82H50N6OS. The Labute approximate surface area is 521 Å². The number of para-hydroxylation sites is 1. The molecule has 0 aliphatic rings. The van der Waals surface area contributed by atoms with Crippen molar-refractivity contribution in [2.24, 2.45) is 0 Å². The van der Waals surface area contributed by atoms with Crippen molar-refractivity contribution < 1.29 is 4.42 Å². The van der Waals surface area contributed by atoms with Gasteiger partial charge in [-0.15, -0.1) is 11.3 Å². The van der Waals surface area contributed by atoms with Crippen LogP contribution in [0.4, 0.5) is 0 Å². The Balaban J connectivity index is 0.000000141. The average Bonchev–Trinajstić information content (AvgIpc) is 1.99. The molecule has 90 heavy (non-hydrogen) atoms. The number of rotatable bonds is 8. The Morgan fingerprint density at radius 3 is 1.36 bits per heavy atom. The highest BCUT2D eigenvalue weighted by Gasteiger charge is 2.18. The van der Waals surface area contributed by atoms with Crippen molar-refractivity contribution in [2.45, 2.75) is 0 Å². The maximum atomic E-state index is 6.10. The molecule has 420 valence electrons. The van der Waals surface area contributed by atoms with Gasteiger partial charge in [0.1, 0.15) is 11.1 Å². The highest BCUT2D eigenvalue weighted by atomic mass is 32.1. The molecule has 18 rings (SSSR count). The van der Waals surface area contributed by atoms with E-state index in [1.807, 2.05) is 84.9 Å². The van der Waals surface area contributed by atoms with Gasteiger partial charge in [0, 0.05) is 59.6 Å². The number of thiophene rings is 1. The molecule has 0 saturated carbocycles. The molecule has 6 aromatic heterocycles. The number of aromatic nitrogens is 6. The van der Waals surface area contributed by atoms with E-state index in [0.717, 1.165) is 128 Å². The van der Waals surface area contributed by atoms with Crippen molar-refractivity contribution in [3.05, 3.63) is 303 Å². The van der Waals surface area contributed by atoms with E-state index >= 15 is 0 Å². The van der Waals surface area contributed by atoms with Crippen LogP contribution < -0.4 is 0 Å². The lowest BCUT2D eigenvalue weighted by molar-refractivity contribution is 0.669. The van der Waals surface area contributed by atoms with E-state index in [4.69, 9.17) is 34.3 Å². The molecule has 0 amide bonds. The highest BCUT2D eigenvalue weighted by molar-refractivity contribution is 7.25. The first kappa shape index (κ1) is 52.5. The monoisotopic (exact) mass is 1170 g/mol. The van der Waals surface area contributed by atoms with Crippen LogP contribution in [0.3, 0.4) is 0 Å². The fraction of sp³-hybridized carbons (Fsp3) is 0. The molecule has 18 aromatic rings. The summed E-state index contributed by atoms with van der Waals surface area (Å²) in [6, 6.07) is 105. The fourth-order valence-corrected chi connectivity index (χ4v) is 13.6. The zero-order valence-corrected chi connectivity index (χ0v) is 49.2. The third kappa shape index (κ3) is 9.74. The van der Waals surface area contributed by atoms with Gasteiger partial charge >= 0.3 is 0 Å². The minimum absolute atomic E-state index is 0.707. The summed E-state index contributed by atoms with van der Waals surface area (Å²) in [5.41, 5.74) is 19.8. The summed E-state index contributed by atoms with van der Waals surface area (Å²) < 4.78 is 8.58. The standard InChI is InChI=1S/C45H27N3S.C37H23N3O/c1-2-11-28(12-3-1)45-47-40(27-41(48-45)38-25-31-13-4-5-16-34(31)35-17-6-7-18-36(35)38)32-15-10-14-29(23-32)30-21-22-39-33(24-30)26-43-44(46-39)37-19-8-9-20-42(37)49-43;1-3-10-24(11-4-1)32-23-33(40-37(39-32)25-12-5-2-6-13-25)28-15-9-14-26(20-28)27-18-19-31-29(21-27)22-35-36(38-31)30-16-7-8-17-34(30)41-35/h1-27H;1-23H. The predicted octanol–water partition coefficient (Wildman–Crippen LogP) is 22.0. The van der Waals surface area contributed by atoms with Crippen LogP contribution in [0, 0.1) is 0 Å². The fourth-order valence-electron chi connectivity index (χ4n) is 12.5. The third-order valence-electron chi connectivity index (χ3n) is 16.9. The summed E-state index contributed by atoms with van der Waals surface area (Å²) in [4.78, 5) is 30.3. The van der Waals surface area contributed by atoms with E-state index in [1.54, 1.807) is 11.3 Å². The molecule has 0 N–H and O–H groups in total. The first-order valence-corrected chi connectivity index (χ1v) is 30.9. The maximum absolute atomic E-state index is 6.10. The van der Waals surface area contributed by atoms with Crippen LogP contribution in [-0.4, -0.2) is 29.9 Å². The van der Waals surface area contributed by atoms with Gasteiger partial charge in [-0.25, -0.2) is 29.9 Å². The second-order valence-electron chi connectivity index (χ2n) is 22.6. The summed E-state index contributed by atoms with van der Waals surface area (Å²) in [7, 11) is 0. The van der Waals surface area contributed by atoms with E-state index in [0.29, 0.717) is 11.6 Å². The number of hydrogen-bond acceptors (Lipinski definition) is 8. The Hall–Kier alpha value is -11.8. The molecule has 0 spiro atoms. The first-order valence-electron chi connectivity index (χ1n) is 30.0. The minimum atomic E-state index is 0.707. The molecule has 0 bridgehead atoms. The Morgan fingerprint density at radius 2 is 0.700 bits per heavy atom. The van der Waals surface area contributed by atoms with Gasteiger partial charge in [0.05, 0.1) is 44.0 Å². The van der Waals surface area contributed by atoms with Gasteiger partial charge in [0.25, 0.3) is 0 Å². The van der Waals surface area contributed by atoms with Crippen molar-refractivity contribution in [3.8, 4) is 90.1 Å². The summed E-state index contributed by atoms with van der Waals surface area (Å²) in [6.07, 6.45) is 0. The van der Waals surface area contributed by atoms with Gasteiger partial charge in [-0.05, 0) is 129 Å². The molecule has 0 fully saturated rings. The normalized spacial score (nSPS) is 11.6. The number of fused-ring (bicyclic) bond motifs is 11. The minimum Gasteiger partial charge on any atom is -0.454 e. The number of hydrogen-bond donors (Lipinski definition) is 0. The van der Waals surface area contributed by atoms with Crippen LogP contribution in [0.1, 0.15) is 0 Å². The van der Waals surface area contributed by atoms with E-state index in [-0.39, 0.29) is 0 Å². The molecule has 0 aliphatic heterocycles. The smallest absolute Gasteiger partial charge is 0.160 e. The Kier molecular flexibility index (Phi) is 12.9. The first-order chi connectivity index (χ1) is 44.5. The Bertz CT molecular complexity index is 5750. The largest absolute Gasteiger partial charge is 0.454 e. The van der Waals surface area contributed by atoms with Gasteiger partial charge in [-0.3, -0.25) is 0 Å². The van der Waals surface area contributed by atoms with E-state index in [1.165, 1.54) is 36.3 Å². The van der Waals surface area contributed by atoms with E-state index in [2.05, 4.69) is 218 Å². The number of furan rings is 1. The topological polar surface area (TPSA) is 90.5 Å². The molecular weight excluding hydrogens is 1120 g/mol. The lowest BCUT2D eigenvalue weighted by Gasteiger charge is -2.14. The number of pyridine rings is 2. The van der Waals surface area contributed by atoms with Crippen molar-refractivity contribution in [1.82, 2.24) is 29.9 Å². The SMILES string of the molecule is c1ccc(-c2cc(-c3cccc(-c4ccc5nc6c(cc5c4)oc4ccccc46)c3)nc(-c3ccccc3)n2)cc1.c1ccc(-c2nc(-c3cccc(-c4ccc5nc6c(cc5c4)sc4ccccc46)c3)cc(-c3cc4ccccc4c4ccccc34)n2)cc1. The number of benzene rings is 12. The maximum Gasteiger partial charge on any atom is 0.160 e. The third-order valence-corrected chi connectivity index (χ3v) is 18.0. The van der Waals surface area contributed by atoms with Gasteiger partial charge in [-0.1, -0.05) is 218 Å². The molecule has 0 saturated heterocycles. The Morgan fingerprint density at radius 1 is 0.233 bits per heavy atom. The van der Waals surface area contributed by atoms with Gasteiger partial charge in [-0.2, -0.15) is 0 Å². The average molecular weight is 1170 g/mol. The molecule has 6 heterocycles. The second-order valence-corrected chi connectivity index (χ2v) is 23.6. The summed E-state index contributed by atoms with van der Waals surface area (Å²) in [5, 5.41) is 9.27. The van der Waals surface area contributed by atoms with Crippen molar-refractivity contribution in [2.75, 3.05) is 0 Å². The summed E-state index contributed by atoms with van der Waals surface area (Å²) in [6.45, 7) is 0. The lowest BCUT2D eigenvalue weighted by atomic mass is 9.94. The van der Waals surface area contributed by atoms with Crippen LogP contribution in [0.25, 0.3) is 176 Å².